The van der Waals surface area contributed by atoms with Crippen molar-refractivity contribution in [1.82, 2.24) is 9.97 Å². The summed E-state index contributed by atoms with van der Waals surface area (Å²) in [5, 5.41) is 1.15. The number of hydrogen-bond acceptors (Lipinski definition) is 2. The predicted octanol–water partition coefficient (Wildman–Crippen LogP) is 5.27. The highest BCUT2D eigenvalue weighted by molar-refractivity contribution is 6.31. The highest BCUT2D eigenvalue weighted by Crippen LogP contribution is 2.33. The van der Waals surface area contributed by atoms with E-state index < -0.39 is 5.82 Å². The second-order valence-electron chi connectivity index (χ2n) is 5.56. The second kappa shape index (κ2) is 5.65. The molecule has 2 heterocycles. The van der Waals surface area contributed by atoms with E-state index in [0.717, 1.165) is 33.2 Å². The summed E-state index contributed by atoms with van der Waals surface area (Å²) in [5.74, 6) is 0.0667. The molecule has 3 nitrogen and oxygen atoms in total. The number of nitrogens with zero attached hydrogens (tertiary/aromatic N) is 1. The van der Waals surface area contributed by atoms with Gasteiger partial charge in [0.1, 0.15) is 11.6 Å². The van der Waals surface area contributed by atoms with Crippen LogP contribution in [-0.2, 0) is 0 Å². The van der Waals surface area contributed by atoms with Gasteiger partial charge in [0, 0.05) is 34.4 Å². The summed E-state index contributed by atoms with van der Waals surface area (Å²) < 4.78 is 13.4. The van der Waals surface area contributed by atoms with Crippen molar-refractivity contribution in [3.8, 4) is 22.3 Å². The van der Waals surface area contributed by atoms with E-state index in [9.17, 15) is 4.39 Å². The molecule has 0 fully saturated rings. The molecule has 0 aliphatic carbocycles. The molecule has 0 bridgehead atoms. The molecule has 0 saturated carbocycles. The van der Waals surface area contributed by atoms with E-state index in [-0.39, 0.29) is 5.02 Å². The monoisotopic (exact) mass is 337 g/mol. The van der Waals surface area contributed by atoms with Crippen molar-refractivity contribution in [1.29, 1.82) is 0 Å². The molecule has 5 heteroatoms. The number of nitrogens with one attached hydrogen (secondary N) is 1. The molecule has 0 aliphatic rings. The smallest absolute Gasteiger partial charge is 0.141 e. The molecule has 4 rings (SSSR count). The minimum absolute atomic E-state index is 0.112. The molecule has 4 aromatic rings. The van der Waals surface area contributed by atoms with E-state index in [1.165, 1.54) is 6.07 Å². The van der Waals surface area contributed by atoms with Gasteiger partial charge in [0.2, 0.25) is 0 Å². The number of aromatic nitrogens is 2. The lowest BCUT2D eigenvalue weighted by atomic mass is 10.0. The summed E-state index contributed by atoms with van der Waals surface area (Å²) in [6, 6.07) is 14.6. The highest BCUT2D eigenvalue weighted by atomic mass is 35.5. The average Bonchev–Trinajstić information content (AvgIpc) is 3.01. The highest BCUT2D eigenvalue weighted by Gasteiger charge is 2.10. The fourth-order valence-electron chi connectivity index (χ4n) is 2.78. The zero-order valence-corrected chi connectivity index (χ0v) is 13.3. The first kappa shape index (κ1) is 14.7. The summed E-state index contributed by atoms with van der Waals surface area (Å²) >= 11 is 5.92. The molecule has 0 unspecified atom stereocenters. The quantitative estimate of drug-likeness (QED) is 0.523. The molecule has 3 N–H and O–H groups in total. The van der Waals surface area contributed by atoms with Gasteiger partial charge in [0.25, 0.3) is 0 Å². The van der Waals surface area contributed by atoms with Crippen LogP contribution in [0.2, 0.25) is 5.02 Å². The molecule has 0 radical (unpaired) electrons. The van der Waals surface area contributed by atoms with Crippen molar-refractivity contribution in [3.05, 3.63) is 71.8 Å². The van der Waals surface area contributed by atoms with Gasteiger partial charge >= 0.3 is 0 Å². The average molecular weight is 338 g/mol. The van der Waals surface area contributed by atoms with Crippen LogP contribution in [0.4, 0.5) is 10.2 Å². The van der Waals surface area contributed by atoms with E-state index in [2.05, 4.69) is 16.0 Å². The van der Waals surface area contributed by atoms with Crippen LogP contribution in [-0.4, -0.2) is 9.97 Å². The molecule has 118 valence electrons. The Hall–Kier alpha value is -2.85. The predicted molar refractivity (Wildman–Crippen MR) is 96.3 cm³/mol. The minimum Gasteiger partial charge on any atom is -0.384 e. The maximum atomic E-state index is 13.4. The zero-order valence-electron chi connectivity index (χ0n) is 12.6. The van der Waals surface area contributed by atoms with Gasteiger partial charge in [-0.3, -0.25) is 0 Å². The molecule has 0 aliphatic heterocycles. The van der Waals surface area contributed by atoms with E-state index in [1.54, 1.807) is 24.4 Å². The van der Waals surface area contributed by atoms with Gasteiger partial charge in [0.15, 0.2) is 0 Å². The van der Waals surface area contributed by atoms with Gasteiger partial charge < -0.3 is 10.7 Å². The molecule has 2 aromatic carbocycles. The summed E-state index contributed by atoms with van der Waals surface area (Å²) in [5.41, 5.74) is 10.5. The van der Waals surface area contributed by atoms with Crippen molar-refractivity contribution in [2.75, 3.05) is 5.73 Å². The van der Waals surface area contributed by atoms with Crippen molar-refractivity contribution in [2.45, 2.75) is 0 Å². The number of pyridine rings is 1. The number of aromatic amines is 1. The van der Waals surface area contributed by atoms with Crippen LogP contribution in [0.5, 0.6) is 0 Å². The van der Waals surface area contributed by atoms with Gasteiger partial charge in [-0.2, -0.15) is 0 Å². The fraction of sp³-hybridized carbons (Fsp3) is 0. The number of anilines is 1. The molecule has 0 amide bonds. The standard InChI is InChI=1S/C19H13ClFN3/c20-16-8-12(1-4-17(16)21)15-10-23-18-5-2-11(7-14(15)18)13-3-6-19(22)24-9-13/h1-10,23H,(H2,22,24). The van der Waals surface area contributed by atoms with E-state index in [1.807, 2.05) is 24.4 Å². The number of nitrogen functional groups attached to an aromatic ring is 1. The molecule has 2 aromatic heterocycles. The Bertz CT molecular complexity index is 1040. The Morgan fingerprint density at radius 3 is 2.50 bits per heavy atom. The summed E-state index contributed by atoms with van der Waals surface area (Å²) in [4.78, 5) is 7.37. The molecule has 24 heavy (non-hydrogen) atoms. The fourth-order valence-corrected chi connectivity index (χ4v) is 2.96. The lowest BCUT2D eigenvalue weighted by Crippen LogP contribution is -1.88. The number of H-pyrrole nitrogens is 1. The first-order valence-corrected chi connectivity index (χ1v) is 7.78. The van der Waals surface area contributed by atoms with Gasteiger partial charge in [-0.15, -0.1) is 0 Å². The first-order valence-electron chi connectivity index (χ1n) is 7.40. The lowest BCUT2D eigenvalue weighted by molar-refractivity contribution is 0.628. The molecule has 0 atom stereocenters. The molecule has 0 spiro atoms. The SMILES string of the molecule is Nc1ccc(-c2ccc3[nH]cc(-c4ccc(F)c(Cl)c4)c3c2)cn1. The normalized spacial score (nSPS) is 11.1. The van der Waals surface area contributed by atoms with Crippen molar-refractivity contribution >= 4 is 28.3 Å². The Balaban J connectivity index is 1.87. The van der Waals surface area contributed by atoms with Crippen LogP contribution >= 0.6 is 11.6 Å². The van der Waals surface area contributed by atoms with Crippen LogP contribution in [0, 0.1) is 5.82 Å². The van der Waals surface area contributed by atoms with Crippen LogP contribution < -0.4 is 5.73 Å². The number of fused-ring (bicyclic) bond motifs is 1. The van der Waals surface area contributed by atoms with Crippen LogP contribution in [0.15, 0.2) is 60.9 Å². The Morgan fingerprint density at radius 2 is 1.75 bits per heavy atom. The van der Waals surface area contributed by atoms with Gasteiger partial charge in [0.05, 0.1) is 5.02 Å². The zero-order chi connectivity index (χ0) is 16.7. The number of halogens is 2. The van der Waals surface area contributed by atoms with Crippen molar-refractivity contribution < 1.29 is 4.39 Å². The number of hydrogen-bond donors (Lipinski definition) is 2. The Morgan fingerprint density at radius 1 is 0.958 bits per heavy atom. The summed E-state index contributed by atoms with van der Waals surface area (Å²) in [6.45, 7) is 0. The third-order valence-electron chi connectivity index (χ3n) is 4.03. The Labute approximate surface area is 142 Å². The number of nitrogens with two attached hydrogens (primary N) is 1. The maximum absolute atomic E-state index is 13.4. The second-order valence-corrected chi connectivity index (χ2v) is 5.97. The largest absolute Gasteiger partial charge is 0.384 e. The number of benzene rings is 2. The van der Waals surface area contributed by atoms with E-state index >= 15 is 0 Å². The van der Waals surface area contributed by atoms with Crippen molar-refractivity contribution in [2.24, 2.45) is 0 Å². The first-order chi connectivity index (χ1) is 11.6. The summed E-state index contributed by atoms with van der Waals surface area (Å²) in [7, 11) is 0. The number of rotatable bonds is 2. The van der Waals surface area contributed by atoms with Gasteiger partial charge in [-0.05, 0) is 47.5 Å². The van der Waals surface area contributed by atoms with Crippen LogP contribution in [0.3, 0.4) is 0 Å². The van der Waals surface area contributed by atoms with E-state index in [4.69, 9.17) is 17.3 Å². The molecule has 0 saturated heterocycles. The lowest BCUT2D eigenvalue weighted by Gasteiger charge is -2.05. The minimum atomic E-state index is -0.422. The van der Waals surface area contributed by atoms with Crippen LogP contribution in [0.1, 0.15) is 0 Å². The molecular weight excluding hydrogens is 325 g/mol. The summed E-state index contributed by atoms with van der Waals surface area (Å²) in [6.07, 6.45) is 3.65. The topological polar surface area (TPSA) is 54.7 Å². The third-order valence-corrected chi connectivity index (χ3v) is 4.32. The van der Waals surface area contributed by atoms with Gasteiger partial charge in [-0.25, -0.2) is 9.37 Å². The van der Waals surface area contributed by atoms with Crippen LogP contribution in [0.25, 0.3) is 33.2 Å². The third kappa shape index (κ3) is 2.51. The molecular formula is C19H13ClFN3. The van der Waals surface area contributed by atoms with Crippen molar-refractivity contribution in [3.63, 3.8) is 0 Å². The van der Waals surface area contributed by atoms with E-state index in [0.29, 0.717) is 5.82 Å². The maximum Gasteiger partial charge on any atom is 0.141 e. The van der Waals surface area contributed by atoms with Gasteiger partial charge in [-0.1, -0.05) is 23.7 Å². The Kier molecular flexibility index (Phi) is 3.47.